The van der Waals surface area contributed by atoms with Crippen molar-refractivity contribution in [3.63, 3.8) is 0 Å². The number of thioether (sulfide) groups is 1. The molecule has 10 heteroatoms. The molecule has 1 aliphatic rings. The van der Waals surface area contributed by atoms with E-state index in [0.29, 0.717) is 17.2 Å². The van der Waals surface area contributed by atoms with Crippen molar-refractivity contribution in [1.82, 2.24) is 9.62 Å². The number of sulfonamides is 1. The van der Waals surface area contributed by atoms with Crippen molar-refractivity contribution < 1.29 is 16.8 Å². The molecule has 2 rings (SSSR count). The van der Waals surface area contributed by atoms with E-state index in [-0.39, 0.29) is 17.2 Å². The Morgan fingerprint density at radius 2 is 2.10 bits per heavy atom. The summed E-state index contributed by atoms with van der Waals surface area (Å²) in [6.07, 6.45) is 1.09. The molecule has 6 nitrogen and oxygen atoms in total. The van der Waals surface area contributed by atoms with Gasteiger partial charge >= 0.3 is 0 Å². The van der Waals surface area contributed by atoms with Crippen molar-refractivity contribution in [1.29, 1.82) is 0 Å². The number of rotatable bonds is 5. The summed E-state index contributed by atoms with van der Waals surface area (Å²) in [5.41, 5.74) is 0. The number of nitrogens with one attached hydrogen (secondary N) is 1. The van der Waals surface area contributed by atoms with Crippen LogP contribution >= 0.6 is 23.1 Å². The van der Waals surface area contributed by atoms with Crippen molar-refractivity contribution in [2.45, 2.75) is 16.8 Å². The predicted octanol–water partition coefficient (Wildman–Crippen LogP) is 0.576. The minimum absolute atomic E-state index is 0.211. The first-order chi connectivity index (χ1) is 9.78. The summed E-state index contributed by atoms with van der Waals surface area (Å²) in [6.45, 7) is 0.665. The van der Waals surface area contributed by atoms with Crippen molar-refractivity contribution in [3.05, 3.63) is 16.3 Å². The Bertz CT molecular complexity index is 696. The molecular formula is C11H18N2O4S4. The topological polar surface area (TPSA) is 83.6 Å². The first-order valence-corrected chi connectivity index (χ1v) is 11.7. The minimum Gasteiger partial charge on any atom is -0.315 e. The van der Waals surface area contributed by atoms with Gasteiger partial charge in [0.2, 0.25) is 10.0 Å². The molecule has 1 aromatic heterocycles. The predicted molar refractivity (Wildman–Crippen MR) is 86.9 cm³/mol. The zero-order chi connectivity index (χ0) is 15.7. The molecule has 0 bridgehead atoms. The van der Waals surface area contributed by atoms with Crippen LogP contribution in [0.2, 0.25) is 0 Å². The van der Waals surface area contributed by atoms with E-state index in [4.69, 9.17) is 0 Å². The average Bonchev–Trinajstić information content (AvgIpc) is 2.87. The smallest absolute Gasteiger partial charge is 0.245 e. The fraction of sp³-hybridized carbons (Fsp3) is 0.636. The van der Waals surface area contributed by atoms with Gasteiger partial charge in [-0.25, -0.2) is 16.8 Å². The van der Waals surface area contributed by atoms with Crippen molar-refractivity contribution in [2.75, 3.05) is 31.4 Å². The van der Waals surface area contributed by atoms with Crippen LogP contribution in [-0.4, -0.2) is 57.9 Å². The van der Waals surface area contributed by atoms with E-state index in [1.165, 1.54) is 23.1 Å². The van der Waals surface area contributed by atoms with Crippen LogP contribution in [0.25, 0.3) is 0 Å². The van der Waals surface area contributed by atoms with Gasteiger partial charge in [-0.3, -0.25) is 0 Å². The lowest BCUT2D eigenvalue weighted by molar-refractivity contribution is 0.404. The second-order valence-electron chi connectivity index (χ2n) is 4.71. The Labute approximate surface area is 133 Å². The van der Waals surface area contributed by atoms with Gasteiger partial charge < -0.3 is 5.32 Å². The van der Waals surface area contributed by atoms with Crippen LogP contribution in [0.1, 0.15) is 4.88 Å². The lowest BCUT2D eigenvalue weighted by Gasteiger charge is -2.33. The van der Waals surface area contributed by atoms with Crippen molar-refractivity contribution in [2.24, 2.45) is 0 Å². The molecule has 1 saturated heterocycles. The summed E-state index contributed by atoms with van der Waals surface area (Å²) >= 11 is 2.82. The van der Waals surface area contributed by atoms with Gasteiger partial charge in [-0.05, 0) is 18.5 Å². The van der Waals surface area contributed by atoms with Crippen LogP contribution in [0, 0.1) is 0 Å². The molecule has 1 aliphatic heterocycles. The van der Waals surface area contributed by atoms with Crippen LogP contribution in [-0.2, 0) is 26.4 Å². The van der Waals surface area contributed by atoms with Crippen LogP contribution in [0.3, 0.4) is 0 Å². The van der Waals surface area contributed by atoms with Gasteiger partial charge in [-0.1, -0.05) is 0 Å². The number of hydrogen-bond donors (Lipinski definition) is 1. The molecule has 0 spiro atoms. The quantitative estimate of drug-likeness (QED) is 0.816. The maximum atomic E-state index is 12.8. The minimum atomic E-state index is -3.79. The first kappa shape index (κ1) is 17.2. The van der Waals surface area contributed by atoms with E-state index >= 15 is 0 Å². The van der Waals surface area contributed by atoms with Gasteiger partial charge in [0.15, 0.2) is 9.84 Å². The fourth-order valence-corrected chi connectivity index (χ4v) is 8.75. The lowest BCUT2D eigenvalue weighted by Crippen LogP contribution is -2.49. The Morgan fingerprint density at radius 3 is 2.71 bits per heavy atom. The van der Waals surface area contributed by atoms with E-state index in [2.05, 4.69) is 5.32 Å². The van der Waals surface area contributed by atoms with Crippen LogP contribution < -0.4 is 5.32 Å². The highest BCUT2D eigenvalue weighted by molar-refractivity contribution is 8.01. The number of sulfone groups is 1. The molecule has 1 atom stereocenters. The average molecular weight is 371 g/mol. The van der Waals surface area contributed by atoms with Crippen LogP contribution in [0.5, 0.6) is 0 Å². The van der Waals surface area contributed by atoms with E-state index in [1.54, 1.807) is 18.5 Å². The second-order valence-corrected chi connectivity index (χ2v) is 10.9. The Hall–Kier alpha value is -0.130. The Balaban J connectivity index is 2.43. The molecule has 0 amide bonds. The molecule has 0 aromatic carbocycles. The largest absolute Gasteiger partial charge is 0.315 e. The van der Waals surface area contributed by atoms with Crippen molar-refractivity contribution in [3.8, 4) is 0 Å². The lowest BCUT2D eigenvalue weighted by atomic mass is 10.5. The maximum Gasteiger partial charge on any atom is 0.245 e. The maximum absolute atomic E-state index is 12.8. The summed E-state index contributed by atoms with van der Waals surface area (Å²) in [7, 11) is -5.51. The zero-order valence-electron chi connectivity index (χ0n) is 11.8. The van der Waals surface area contributed by atoms with Crippen LogP contribution in [0.15, 0.2) is 16.3 Å². The summed E-state index contributed by atoms with van der Waals surface area (Å²) in [6, 6.07) is 1.55. The van der Waals surface area contributed by atoms with Gasteiger partial charge in [0.1, 0.15) is 5.37 Å². The molecule has 2 heterocycles. The van der Waals surface area contributed by atoms with E-state index < -0.39 is 25.2 Å². The Morgan fingerprint density at radius 1 is 1.38 bits per heavy atom. The van der Waals surface area contributed by atoms with E-state index in [1.807, 2.05) is 0 Å². The van der Waals surface area contributed by atoms with E-state index in [9.17, 15) is 16.8 Å². The third-order valence-corrected chi connectivity index (χ3v) is 8.98. The summed E-state index contributed by atoms with van der Waals surface area (Å²) in [4.78, 5) is 0.908. The SMILES string of the molecule is CNCc1sccc1S(=O)(=O)N1CCSCC1S(C)(=O)=O. The van der Waals surface area contributed by atoms with Gasteiger partial charge in [0.25, 0.3) is 0 Å². The molecule has 120 valence electrons. The highest BCUT2D eigenvalue weighted by atomic mass is 32.2. The molecule has 1 fully saturated rings. The molecule has 0 aliphatic carbocycles. The number of nitrogens with zero attached hydrogens (tertiary/aromatic N) is 1. The zero-order valence-corrected chi connectivity index (χ0v) is 15.0. The highest BCUT2D eigenvalue weighted by Crippen LogP contribution is 2.30. The molecule has 0 saturated carbocycles. The first-order valence-electron chi connectivity index (χ1n) is 6.28. The van der Waals surface area contributed by atoms with Gasteiger partial charge in [-0.2, -0.15) is 16.1 Å². The number of thiophene rings is 1. The fourth-order valence-electron chi connectivity index (χ4n) is 2.15. The molecule has 0 radical (unpaired) electrons. The van der Waals surface area contributed by atoms with Crippen molar-refractivity contribution >= 4 is 43.0 Å². The van der Waals surface area contributed by atoms with Gasteiger partial charge in [-0.15, -0.1) is 11.3 Å². The monoisotopic (exact) mass is 370 g/mol. The summed E-state index contributed by atoms with van der Waals surface area (Å²) in [5, 5.41) is 3.67. The number of hydrogen-bond acceptors (Lipinski definition) is 7. The third kappa shape index (κ3) is 3.62. The van der Waals surface area contributed by atoms with Crippen LogP contribution in [0.4, 0.5) is 0 Å². The molecular weight excluding hydrogens is 352 g/mol. The van der Waals surface area contributed by atoms with Gasteiger partial charge in [0, 0.05) is 35.7 Å². The third-order valence-electron chi connectivity index (χ3n) is 3.16. The molecule has 1 unspecified atom stereocenters. The van der Waals surface area contributed by atoms with E-state index in [0.717, 1.165) is 10.6 Å². The van der Waals surface area contributed by atoms with Gasteiger partial charge in [0.05, 0.1) is 4.90 Å². The molecule has 1 N–H and O–H groups in total. The summed E-state index contributed by atoms with van der Waals surface area (Å²) < 4.78 is 50.6. The molecule has 1 aromatic rings. The highest BCUT2D eigenvalue weighted by Gasteiger charge is 2.40. The Kier molecular flexibility index (Phi) is 5.37. The second kappa shape index (κ2) is 6.55. The molecule has 21 heavy (non-hydrogen) atoms. The standard InChI is InChI=1S/C11H18N2O4S4/c1-12-7-9-10(3-5-19-9)21(16,17)13-4-6-18-8-11(13)20(2,14)15/h3,5,11-12H,4,6-8H2,1-2H3. The summed E-state index contributed by atoms with van der Waals surface area (Å²) in [5.74, 6) is 0.889. The normalized spacial score (nSPS) is 21.5.